The molecule has 0 radical (unpaired) electrons. The number of hydrogen-bond acceptors (Lipinski definition) is 7. The molecule has 3 heterocycles. The second kappa shape index (κ2) is 8.65. The Hall–Kier alpha value is -2.87. The number of carbonyl (C=O) groups is 1. The number of furan rings is 1. The Morgan fingerprint density at radius 2 is 2.03 bits per heavy atom. The number of para-hydroxylation sites is 1. The van der Waals surface area contributed by atoms with Crippen molar-refractivity contribution >= 4 is 23.4 Å². The van der Waals surface area contributed by atoms with Crippen LogP contribution in [0.15, 0.2) is 52.2 Å². The molecule has 29 heavy (non-hydrogen) atoms. The minimum atomic E-state index is -0.778. The van der Waals surface area contributed by atoms with Crippen molar-refractivity contribution in [2.75, 3.05) is 10.7 Å². The molecule has 8 heteroatoms. The van der Waals surface area contributed by atoms with E-state index >= 15 is 0 Å². The van der Waals surface area contributed by atoms with E-state index in [0.29, 0.717) is 28.2 Å². The van der Waals surface area contributed by atoms with Crippen LogP contribution in [0.25, 0.3) is 11.3 Å². The van der Waals surface area contributed by atoms with Crippen molar-refractivity contribution in [3.8, 4) is 17.1 Å². The zero-order chi connectivity index (χ0) is 20.2. The van der Waals surface area contributed by atoms with Gasteiger partial charge in [-0.1, -0.05) is 49.7 Å². The van der Waals surface area contributed by atoms with Crippen molar-refractivity contribution in [1.29, 1.82) is 0 Å². The van der Waals surface area contributed by atoms with Gasteiger partial charge in [0, 0.05) is 18.2 Å². The summed E-state index contributed by atoms with van der Waals surface area (Å²) in [5.41, 5.74) is 1.94. The van der Waals surface area contributed by atoms with Crippen LogP contribution in [-0.2, 0) is 4.79 Å². The molecule has 2 aromatic heterocycles. The van der Waals surface area contributed by atoms with Crippen LogP contribution in [0.4, 0.5) is 5.69 Å². The maximum atomic E-state index is 12.6. The fourth-order valence-corrected chi connectivity index (χ4v) is 4.02. The van der Waals surface area contributed by atoms with Gasteiger partial charge in [-0.3, -0.25) is 9.69 Å². The largest absolute Gasteiger partial charge is 0.463 e. The van der Waals surface area contributed by atoms with Gasteiger partial charge in [0.05, 0.1) is 12.0 Å². The molecule has 1 unspecified atom stereocenters. The van der Waals surface area contributed by atoms with Gasteiger partial charge in [0.25, 0.3) is 0 Å². The van der Waals surface area contributed by atoms with Crippen LogP contribution in [0.3, 0.4) is 0 Å². The molecule has 0 N–H and O–H groups in total. The molecule has 0 saturated heterocycles. The van der Waals surface area contributed by atoms with Crippen LogP contribution in [-0.4, -0.2) is 26.8 Å². The molecule has 0 aliphatic carbocycles. The highest BCUT2D eigenvalue weighted by molar-refractivity contribution is 7.99. The highest BCUT2D eigenvalue weighted by atomic mass is 32.2. The molecule has 4 rings (SSSR count). The van der Waals surface area contributed by atoms with E-state index in [4.69, 9.17) is 9.15 Å². The normalized spacial score (nSPS) is 15.2. The first-order valence-corrected chi connectivity index (χ1v) is 10.6. The van der Waals surface area contributed by atoms with E-state index in [1.54, 1.807) is 35.1 Å². The molecule has 0 saturated carbocycles. The van der Waals surface area contributed by atoms with Crippen molar-refractivity contribution in [3.05, 3.63) is 48.4 Å². The number of thioether (sulfide) groups is 1. The SMILES string of the molecule is CCCCCSc1nnc2c(n1)OC(c1ccco1)N(C(C)=O)c1ccccc1-2. The number of ether oxygens (including phenoxy) is 1. The Morgan fingerprint density at radius 1 is 1.17 bits per heavy atom. The molecule has 1 aliphatic heterocycles. The fourth-order valence-electron chi connectivity index (χ4n) is 3.25. The minimum absolute atomic E-state index is 0.172. The number of fused-ring (bicyclic) bond motifs is 3. The maximum Gasteiger partial charge on any atom is 0.247 e. The van der Waals surface area contributed by atoms with Gasteiger partial charge in [-0.25, -0.2) is 0 Å². The van der Waals surface area contributed by atoms with E-state index in [9.17, 15) is 4.79 Å². The van der Waals surface area contributed by atoms with Gasteiger partial charge in [0.1, 0.15) is 0 Å². The summed E-state index contributed by atoms with van der Waals surface area (Å²) < 4.78 is 11.8. The fraction of sp³-hybridized carbons (Fsp3) is 0.333. The smallest absolute Gasteiger partial charge is 0.247 e. The summed E-state index contributed by atoms with van der Waals surface area (Å²) in [6, 6.07) is 11.1. The van der Waals surface area contributed by atoms with Crippen LogP contribution in [0.1, 0.15) is 45.1 Å². The zero-order valence-electron chi connectivity index (χ0n) is 16.4. The van der Waals surface area contributed by atoms with Gasteiger partial charge in [0.15, 0.2) is 11.5 Å². The number of benzene rings is 1. The number of carbonyl (C=O) groups excluding carboxylic acids is 1. The highest BCUT2D eigenvalue weighted by Gasteiger charge is 2.35. The van der Waals surface area contributed by atoms with Gasteiger partial charge in [-0.2, -0.15) is 4.98 Å². The molecule has 1 aliphatic rings. The molecule has 1 aromatic carbocycles. The van der Waals surface area contributed by atoms with Crippen LogP contribution in [0.5, 0.6) is 5.88 Å². The first-order valence-electron chi connectivity index (χ1n) is 9.65. The lowest BCUT2D eigenvalue weighted by Crippen LogP contribution is -2.35. The first kappa shape index (κ1) is 19.4. The quantitative estimate of drug-likeness (QED) is 0.424. The monoisotopic (exact) mass is 410 g/mol. The zero-order valence-corrected chi connectivity index (χ0v) is 17.2. The van der Waals surface area contributed by atoms with Crippen LogP contribution in [0.2, 0.25) is 0 Å². The summed E-state index contributed by atoms with van der Waals surface area (Å²) in [5, 5.41) is 9.25. The Balaban J connectivity index is 1.77. The topological polar surface area (TPSA) is 81.3 Å². The second-order valence-corrected chi connectivity index (χ2v) is 7.76. The highest BCUT2D eigenvalue weighted by Crippen LogP contribution is 2.43. The summed E-state index contributed by atoms with van der Waals surface area (Å²) in [7, 11) is 0. The van der Waals surface area contributed by atoms with E-state index in [1.165, 1.54) is 13.3 Å². The molecule has 0 fully saturated rings. The number of hydrogen-bond donors (Lipinski definition) is 0. The molecule has 7 nitrogen and oxygen atoms in total. The molecule has 1 atom stereocenters. The van der Waals surface area contributed by atoms with Crippen LogP contribution in [0, 0.1) is 0 Å². The molecule has 3 aromatic rings. The van der Waals surface area contributed by atoms with Crippen LogP contribution < -0.4 is 9.64 Å². The Kier molecular flexibility index (Phi) is 5.80. The van der Waals surface area contributed by atoms with Gasteiger partial charge in [-0.05, 0) is 24.6 Å². The van der Waals surface area contributed by atoms with Crippen LogP contribution >= 0.6 is 11.8 Å². The molecular weight excluding hydrogens is 388 g/mol. The first-order chi connectivity index (χ1) is 14.2. The maximum absolute atomic E-state index is 12.6. The summed E-state index contributed by atoms with van der Waals surface area (Å²) in [6.07, 6.45) is 4.21. The third-order valence-corrected chi connectivity index (χ3v) is 5.54. The van der Waals surface area contributed by atoms with E-state index in [2.05, 4.69) is 22.1 Å². The van der Waals surface area contributed by atoms with Crippen molar-refractivity contribution in [3.63, 3.8) is 0 Å². The third-order valence-electron chi connectivity index (χ3n) is 4.62. The Bertz CT molecular complexity index is 993. The van der Waals surface area contributed by atoms with E-state index in [-0.39, 0.29) is 5.91 Å². The summed E-state index contributed by atoms with van der Waals surface area (Å²) in [5.74, 6) is 1.61. The average molecular weight is 410 g/mol. The number of aromatic nitrogens is 3. The summed E-state index contributed by atoms with van der Waals surface area (Å²) >= 11 is 1.56. The number of unbranched alkanes of at least 4 members (excludes halogenated alkanes) is 2. The Labute approximate surface area is 173 Å². The van der Waals surface area contributed by atoms with Gasteiger partial charge in [-0.15, -0.1) is 10.2 Å². The lowest BCUT2D eigenvalue weighted by Gasteiger charge is -2.28. The molecule has 1 amide bonds. The molecular formula is C21H22N4O3S. The second-order valence-electron chi connectivity index (χ2n) is 6.70. The predicted molar refractivity (Wildman–Crippen MR) is 111 cm³/mol. The van der Waals surface area contributed by atoms with Gasteiger partial charge >= 0.3 is 0 Å². The van der Waals surface area contributed by atoms with Crippen molar-refractivity contribution in [2.45, 2.75) is 44.5 Å². The van der Waals surface area contributed by atoms with E-state index in [1.807, 2.05) is 24.3 Å². The number of amides is 1. The minimum Gasteiger partial charge on any atom is -0.463 e. The van der Waals surface area contributed by atoms with Gasteiger partial charge in [0.2, 0.25) is 23.2 Å². The molecule has 150 valence electrons. The summed E-state index contributed by atoms with van der Waals surface area (Å²) in [6.45, 7) is 3.67. The van der Waals surface area contributed by atoms with E-state index in [0.717, 1.165) is 24.2 Å². The molecule has 0 spiro atoms. The third kappa shape index (κ3) is 3.98. The number of anilines is 1. The number of rotatable bonds is 6. The van der Waals surface area contributed by atoms with Crippen molar-refractivity contribution in [1.82, 2.24) is 15.2 Å². The van der Waals surface area contributed by atoms with Crippen molar-refractivity contribution in [2.24, 2.45) is 0 Å². The summed E-state index contributed by atoms with van der Waals surface area (Å²) in [4.78, 5) is 18.8. The average Bonchev–Trinajstić information content (AvgIpc) is 3.21. The lowest BCUT2D eigenvalue weighted by molar-refractivity contribution is -0.118. The predicted octanol–water partition coefficient (Wildman–Crippen LogP) is 4.86. The standard InChI is InChI=1S/C21H22N4O3S/c1-3-4-7-13-29-21-22-19-18(23-24-21)15-9-5-6-10-16(15)25(14(2)26)20(28-19)17-11-8-12-27-17/h5-6,8-12,20H,3-4,7,13H2,1-2H3. The number of nitrogens with zero attached hydrogens (tertiary/aromatic N) is 4. The van der Waals surface area contributed by atoms with E-state index < -0.39 is 6.23 Å². The van der Waals surface area contributed by atoms with Crippen molar-refractivity contribution < 1.29 is 13.9 Å². The molecule has 0 bridgehead atoms. The van der Waals surface area contributed by atoms with Gasteiger partial charge < -0.3 is 9.15 Å². The Morgan fingerprint density at radius 3 is 2.79 bits per heavy atom. The lowest BCUT2D eigenvalue weighted by atomic mass is 10.1.